The summed E-state index contributed by atoms with van der Waals surface area (Å²) in [7, 11) is 1.59. The zero-order valence-electron chi connectivity index (χ0n) is 17.2. The predicted molar refractivity (Wildman–Crippen MR) is 117 cm³/mol. The third-order valence-corrected chi connectivity index (χ3v) is 5.48. The SMILES string of the molecule is CCc1cc2ncc(CN3CCC(Nc4ccc(C(=O)NC)nc4)C3)cc2[nH]c1=O. The van der Waals surface area contributed by atoms with Gasteiger partial charge in [0.1, 0.15) is 5.69 Å². The number of nitrogens with one attached hydrogen (secondary N) is 3. The molecule has 1 aliphatic heterocycles. The van der Waals surface area contributed by atoms with E-state index in [-0.39, 0.29) is 11.5 Å². The van der Waals surface area contributed by atoms with Gasteiger partial charge in [-0.05, 0) is 42.7 Å². The number of H-pyrrole nitrogens is 1. The fourth-order valence-corrected chi connectivity index (χ4v) is 3.85. The Balaban J connectivity index is 1.38. The molecule has 0 radical (unpaired) electrons. The summed E-state index contributed by atoms with van der Waals surface area (Å²) in [5.74, 6) is -0.190. The largest absolute Gasteiger partial charge is 0.380 e. The fraction of sp³-hybridized carbons (Fsp3) is 0.364. The van der Waals surface area contributed by atoms with E-state index in [2.05, 4.69) is 30.5 Å². The Morgan fingerprint density at radius 1 is 1.27 bits per heavy atom. The number of carbonyl (C=O) groups excluding carboxylic acids is 1. The first-order valence-electron chi connectivity index (χ1n) is 10.2. The molecule has 3 aromatic heterocycles. The molecule has 1 fully saturated rings. The highest BCUT2D eigenvalue weighted by molar-refractivity contribution is 5.92. The Kier molecular flexibility index (Phi) is 5.76. The van der Waals surface area contributed by atoms with Crippen LogP contribution in [0, 0.1) is 0 Å². The Bertz CT molecular complexity index is 1110. The summed E-state index contributed by atoms with van der Waals surface area (Å²) in [4.78, 5) is 37.7. The number of likely N-dealkylation sites (tertiary alicyclic amines) is 1. The van der Waals surface area contributed by atoms with Crippen LogP contribution in [0.5, 0.6) is 0 Å². The number of rotatable bonds is 6. The van der Waals surface area contributed by atoms with E-state index < -0.39 is 0 Å². The van der Waals surface area contributed by atoms with Crippen LogP contribution in [0.3, 0.4) is 0 Å². The minimum Gasteiger partial charge on any atom is -0.380 e. The molecule has 1 atom stereocenters. The number of nitrogens with zero attached hydrogens (tertiary/aromatic N) is 3. The van der Waals surface area contributed by atoms with E-state index in [1.54, 1.807) is 19.3 Å². The van der Waals surface area contributed by atoms with Crippen LogP contribution in [0.4, 0.5) is 5.69 Å². The summed E-state index contributed by atoms with van der Waals surface area (Å²) in [6.07, 6.45) is 5.31. The van der Waals surface area contributed by atoms with E-state index in [1.165, 1.54) is 0 Å². The lowest BCUT2D eigenvalue weighted by molar-refractivity contribution is 0.0958. The lowest BCUT2D eigenvalue weighted by atomic mass is 10.1. The molecule has 1 aliphatic rings. The highest BCUT2D eigenvalue weighted by Gasteiger charge is 2.22. The number of aryl methyl sites for hydroxylation is 1. The number of amides is 1. The van der Waals surface area contributed by atoms with Gasteiger partial charge in [-0.1, -0.05) is 6.92 Å². The van der Waals surface area contributed by atoms with Crippen LogP contribution in [0.15, 0.2) is 41.5 Å². The molecular formula is C22H26N6O2. The third kappa shape index (κ3) is 4.33. The molecule has 4 heterocycles. The molecule has 3 N–H and O–H groups in total. The quantitative estimate of drug-likeness (QED) is 0.578. The number of anilines is 1. The average molecular weight is 406 g/mol. The van der Waals surface area contributed by atoms with Gasteiger partial charge in [0.15, 0.2) is 0 Å². The standard InChI is InChI=1S/C22H26N6O2/c1-3-15-9-19-20(27-21(15)29)8-14(10-24-19)12-28-7-6-17(13-28)26-16-4-5-18(25-11-16)22(30)23-2/h4-5,8-11,17,26H,3,6-7,12-13H2,1-2H3,(H,23,30)(H,27,29). The van der Waals surface area contributed by atoms with Crippen molar-refractivity contribution >= 4 is 22.6 Å². The maximum absolute atomic E-state index is 12.1. The molecule has 1 unspecified atom stereocenters. The topological polar surface area (TPSA) is 103 Å². The van der Waals surface area contributed by atoms with Crippen molar-refractivity contribution in [2.45, 2.75) is 32.4 Å². The average Bonchev–Trinajstić information content (AvgIpc) is 3.19. The second-order valence-corrected chi connectivity index (χ2v) is 7.63. The number of carbonyl (C=O) groups is 1. The van der Waals surface area contributed by atoms with Crippen molar-refractivity contribution in [2.24, 2.45) is 0 Å². The Labute approximate surface area is 174 Å². The number of fused-ring (bicyclic) bond motifs is 1. The van der Waals surface area contributed by atoms with E-state index in [0.29, 0.717) is 18.2 Å². The summed E-state index contributed by atoms with van der Waals surface area (Å²) in [6.45, 7) is 4.63. The van der Waals surface area contributed by atoms with Crippen LogP contribution in [0.25, 0.3) is 11.0 Å². The maximum Gasteiger partial charge on any atom is 0.269 e. The summed E-state index contributed by atoms with van der Waals surface area (Å²) in [5, 5.41) is 6.06. The molecule has 3 aromatic rings. The van der Waals surface area contributed by atoms with Gasteiger partial charge in [0.25, 0.3) is 11.5 Å². The number of hydrogen-bond donors (Lipinski definition) is 3. The Morgan fingerprint density at radius 2 is 2.13 bits per heavy atom. The molecular weight excluding hydrogens is 380 g/mol. The number of pyridine rings is 3. The molecule has 1 saturated heterocycles. The Hall–Kier alpha value is -3.26. The monoisotopic (exact) mass is 406 g/mol. The molecule has 0 saturated carbocycles. The van der Waals surface area contributed by atoms with Crippen LogP contribution >= 0.6 is 0 Å². The van der Waals surface area contributed by atoms with E-state index in [9.17, 15) is 9.59 Å². The van der Waals surface area contributed by atoms with Gasteiger partial charge in [-0.2, -0.15) is 0 Å². The zero-order valence-corrected chi connectivity index (χ0v) is 17.2. The van der Waals surface area contributed by atoms with Crippen molar-refractivity contribution in [3.05, 3.63) is 63.8 Å². The van der Waals surface area contributed by atoms with Crippen molar-refractivity contribution < 1.29 is 4.79 Å². The molecule has 156 valence electrons. The van der Waals surface area contributed by atoms with Crippen LogP contribution in [-0.2, 0) is 13.0 Å². The first-order valence-corrected chi connectivity index (χ1v) is 10.2. The lowest BCUT2D eigenvalue weighted by Gasteiger charge is -2.17. The van der Waals surface area contributed by atoms with Gasteiger partial charge in [0.2, 0.25) is 0 Å². The highest BCUT2D eigenvalue weighted by Crippen LogP contribution is 2.19. The minimum absolute atomic E-state index is 0.0366. The maximum atomic E-state index is 12.1. The molecule has 1 amide bonds. The highest BCUT2D eigenvalue weighted by atomic mass is 16.1. The predicted octanol–water partition coefficient (Wildman–Crippen LogP) is 1.93. The van der Waals surface area contributed by atoms with Gasteiger partial charge in [-0.25, -0.2) is 4.98 Å². The number of aromatic nitrogens is 3. The van der Waals surface area contributed by atoms with Crippen molar-refractivity contribution in [1.29, 1.82) is 0 Å². The molecule has 0 aliphatic carbocycles. The molecule has 0 bridgehead atoms. The third-order valence-electron chi connectivity index (χ3n) is 5.48. The zero-order chi connectivity index (χ0) is 21.1. The first kappa shape index (κ1) is 20.0. The summed E-state index contributed by atoms with van der Waals surface area (Å²) in [6, 6.07) is 7.81. The van der Waals surface area contributed by atoms with Gasteiger partial charge in [0, 0.05) is 44.5 Å². The summed E-state index contributed by atoms with van der Waals surface area (Å²) in [5.41, 5.74) is 4.73. The van der Waals surface area contributed by atoms with E-state index >= 15 is 0 Å². The van der Waals surface area contributed by atoms with Crippen molar-refractivity contribution in [2.75, 3.05) is 25.5 Å². The van der Waals surface area contributed by atoms with Crippen LogP contribution in [0.1, 0.15) is 35.0 Å². The minimum atomic E-state index is -0.190. The van der Waals surface area contributed by atoms with Gasteiger partial charge >= 0.3 is 0 Å². The van der Waals surface area contributed by atoms with Gasteiger partial charge < -0.3 is 15.6 Å². The van der Waals surface area contributed by atoms with Gasteiger partial charge in [-0.15, -0.1) is 0 Å². The van der Waals surface area contributed by atoms with Crippen LogP contribution in [0.2, 0.25) is 0 Å². The molecule has 8 nitrogen and oxygen atoms in total. The van der Waals surface area contributed by atoms with Crippen molar-refractivity contribution in [3.8, 4) is 0 Å². The molecule has 0 spiro atoms. The summed E-state index contributed by atoms with van der Waals surface area (Å²) >= 11 is 0. The first-order chi connectivity index (χ1) is 14.6. The summed E-state index contributed by atoms with van der Waals surface area (Å²) < 4.78 is 0. The van der Waals surface area contributed by atoms with Crippen molar-refractivity contribution in [3.63, 3.8) is 0 Å². The normalized spacial score (nSPS) is 16.7. The Morgan fingerprint density at radius 3 is 2.87 bits per heavy atom. The van der Waals surface area contributed by atoms with Gasteiger partial charge in [0.05, 0.1) is 22.9 Å². The molecule has 8 heteroatoms. The van der Waals surface area contributed by atoms with E-state index in [1.807, 2.05) is 31.3 Å². The smallest absolute Gasteiger partial charge is 0.269 e. The lowest BCUT2D eigenvalue weighted by Crippen LogP contribution is -2.26. The number of hydrogen-bond acceptors (Lipinski definition) is 6. The van der Waals surface area contributed by atoms with Gasteiger partial charge in [-0.3, -0.25) is 19.5 Å². The van der Waals surface area contributed by atoms with Crippen molar-refractivity contribution in [1.82, 2.24) is 25.2 Å². The fourth-order valence-electron chi connectivity index (χ4n) is 3.85. The van der Waals surface area contributed by atoms with Crippen LogP contribution < -0.4 is 16.2 Å². The molecule has 30 heavy (non-hydrogen) atoms. The van der Waals surface area contributed by atoms with E-state index in [4.69, 9.17) is 0 Å². The second kappa shape index (κ2) is 8.62. The number of aromatic amines is 1. The molecule has 0 aromatic carbocycles. The molecule has 4 rings (SSSR count). The second-order valence-electron chi connectivity index (χ2n) is 7.63. The van der Waals surface area contributed by atoms with Crippen LogP contribution in [-0.4, -0.2) is 51.9 Å². The van der Waals surface area contributed by atoms with E-state index in [0.717, 1.165) is 53.9 Å².